The van der Waals surface area contributed by atoms with E-state index < -0.39 is 0 Å². The summed E-state index contributed by atoms with van der Waals surface area (Å²) in [5, 5.41) is 1.03. The fourth-order valence-corrected chi connectivity index (χ4v) is 2.02. The van der Waals surface area contributed by atoms with Gasteiger partial charge in [-0.25, -0.2) is 4.79 Å². The molecule has 0 unspecified atom stereocenters. The Hall–Kier alpha value is -1.68. The number of allylic oxidation sites excluding steroid dienone is 1. The molecule has 3 nitrogen and oxygen atoms in total. The lowest BCUT2D eigenvalue weighted by Gasteiger charge is -2.04. The van der Waals surface area contributed by atoms with Gasteiger partial charge in [-0.15, -0.1) is 0 Å². The van der Waals surface area contributed by atoms with Crippen LogP contribution in [0, 0.1) is 0 Å². The Morgan fingerprint density at radius 1 is 1.39 bits per heavy atom. The van der Waals surface area contributed by atoms with Crippen molar-refractivity contribution in [3.8, 4) is 0 Å². The first-order chi connectivity index (χ1) is 8.60. The lowest BCUT2D eigenvalue weighted by Crippen LogP contribution is -1.96. The van der Waals surface area contributed by atoms with E-state index in [1.807, 2.05) is 31.2 Å². The SMILES string of the molecule is COC(=O)C=C(C)c1cnc2ccc(Br)cc2c1. The molecule has 92 valence electrons. The van der Waals surface area contributed by atoms with Crippen molar-refractivity contribution in [3.63, 3.8) is 0 Å². The Bertz CT molecular complexity index is 635. The predicted molar refractivity (Wildman–Crippen MR) is 75.1 cm³/mol. The number of aromatic nitrogens is 1. The number of hydrogen-bond donors (Lipinski definition) is 0. The Morgan fingerprint density at radius 2 is 2.17 bits per heavy atom. The molecule has 18 heavy (non-hydrogen) atoms. The molecule has 0 bridgehead atoms. The largest absolute Gasteiger partial charge is 0.466 e. The Balaban J connectivity index is 2.46. The minimum Gasteiger partial charge on any atom is -0.466 e. The van der Waals surface area contributed by atoms with Gasteiger partial charge in [-0.1, -0.05) is 15.9 Å². The molecule has 0 fully saturated rings. The molecule has 1 heterocycles. The monoisotopic (exact) mass is 305 g/mol. The van der Waals surface area contributed by atoms with Crippen LogP contribution in [0.25, 0.3) is 16.5 Å². The number of carbonyl (C=O) groups excluding carboxylic acids is 1. The maximum Gasteiger partial charge on any atom is 0.330 e. The standard InChI is InChI=1S/C14H12BrNO2/c1-9(5-14(17)18-2)11-6-10-7-12(15)3-4-13(10)16-8-11/h3-8H,1-2H3. The van der Waals surface area contributed by atoms with Crippen molar-refractivity contribution >= 4 is 38.4 Å². The Morgan fingerprint density at radius 3 is 2.89 bits per heavy atom. The second-order valence-corrected chi connectivity index (χ2v) is 4.83. The van der Waals surface area contributed by atoms with Gasteiger partial charge in [0, 0.05) is 22.1 Å². The van der Waals surface area contributed by atoms with Crippen LogP contribution in [0.4, 0.5) is 0 Å². The zero-order chi connectivity index (χ0) is 13.1. The molecule has 0 atom stereocenters. The second-order valence-electron chi connectivity index (χ2n) is 3.91. The van der Waals surface area contributed by atoms with Crippen LogP contribution in [0.2, 0.25) is 0 Å². The maximum atomic E-state index is 11.2. The summed E-state index contributed by atoms with van der Waals surface area (Å²) in [6, 6.07) is 7.90. The van der Waals surface area contributed by atoms with Crippen LogP contribution in [0.3, 0.4) is 0 Å². The summed E-state index contributed by atoms with van der Waals surface area (Å²) in [7, 11) is 1.36. The van der Waals surface area contributed by atoms with Crippen molar-refractivity contribution in [1.82, 2.24) is 4.98 Å². The molecule has 2 aromatic rings. The van der Waals surface area contributed by atoms with Crippen LogP contribution in [0.5, 0.6) is 0 Å². The number of methoxy groups -OCH3 is 1. The quantitative estimate of drug-likeness (QED) is 0.629. The van der Waals surface area contributed by atoms with E-state index in [4.69, 9.17) is 0 Å². The number of halogens is 1. The van der Waals surface area contributed by atoms with E-state index in [0.29, 0.717) is 0 Å². The van der Waals surface area contributed by atoms with Crippen LogP contribution in [-0.2, 0) is 9.53 Å². The van der Waals surface area contributed by atoms with Crippen molar-refractivity contribution < 1.29 is 9.53 Å². The Kier molecular flexibility index (Phi) is 3.77. The zero-order valence-electron chi connectivity index (χ0n) is 10.1. The van der Waals surface area contributed by atoms with Gasteiger partial charge in [-0.05, 0) is 42.3 Å². The van der Waals surface area contributed by atoms with Crippen molar-refractivity contribution in [1.29, 1.82) is 0 Å². The third-order valence-electron chi connectivity index (χ3n) is 2.63. The molecule has 0 aliphatic carbocycles. The average molecular weight is 306 g/mol. The van der Waals surface area contributed by atoms with E-state index >= 15 is 0 Å². The van der Waals surface area contributed by atoms with E-state index in [0.717, 1.165) is 26.5 Å². The molecule has 1 aromatic heterocycles. The molecule has 0 aliphatic heterocycles. The number of carbonyl (C=O) groups is 1. The lowest BCUT2D eigenvalue weighted by molar-refractivity contribution is -0.134. The Labute approximate surface area is 114 Å². The van der Waals surface area contributed by atoms with Crippen molar-refractivity contribution in [2.75, 3.05) is 7.11 Å². The number of ether oxygens (including phenoxy) is 1. The summed E-state index contributed by atoms with van der Waals surface area (Å²) >= 11 is 3.43. The number of benzene rings is 1. The number of nitrogens with zero attached hydrogens (tertiary/aromatic N) is 1. The molecular weight excluding hydrogens is 294 g/mol. The first kappa shape index (κ1) is 12.8. The van der Waals surface area contributed by atoms with Gasteiger partial charge < -0.3 is 4.74 Å². The van der Waals surface area contributed by atoms with E-state index in [2.05, 4.69) is 25.7 Å². The first-order valence-electron chi connectivity index (χ1n) is 5.42. The van der Waals surface area contributed by atoms with Crippen LogP contribution in [0.1, 0.15) is 12.5 Å². The minimum absolute atomic E-state index is 0.359. The normalized spacial score (nSPS) is 11.6. The molecule has 0 radical (unpaired) electrons. The van der Waals surface area contributed by atoms with E-state index in [-0.39, 0.29) is 5.97 Å². The number of hydrogen-bond acceptors (Lipinski definition) is 3. The summed E-state index contributed by atoms with van der Waals surface area (Å²) in [5.74, 6) is -0.359. The highest BCUT2D eigenvalue weighted by atomic mass is 79.9. The first-order valence-corrected chi connectivity index (χ1v) is 6.21. The van der Waals surface area contributed by atoms with Gasteiger partial charge in [0.25, 0.3) is 0 Å². The fourth-order valence-electron chi connectivity index (χ4n) is 1.64. The number of esters is 1. The van der Waals surface area contributed by atoms with E-state index in [1.165, 1.54) is 13.2 Å². The third kappa shape index (κ3) is 2.76. The molecule has 0 N–H and O–H groups in total. The molecule has 0 saturated carbocycles. The summed E-state index contributed by atoms with van der Waals surface area (Å²) in [5.41, 5.74) is 2.66. The summed E-state index contributed by atoms with van der Waals surface area (Å²) in [6.07, 6.45) is 3.21. The fraction of sp³-hybridized carbons (Fsp3) is 0.143. The van der Waals surface area contributed by atoms with E-state index in [1.54, 1.807) is 6.20 Å². The number of pyridine rings is 1. The van der Waals surface area contributed by atoms with Crippen molar-refractivity contribution in [2.45, 2.75) is 6.92 Å². The summed E-state index contributed by atoms with van der Waals surface area (Å²) in [4.78, 5) is 15.5. The zero-order valence-corrected chi connectivity index (χ0v) is 11.7. The molecular formula is C14H12BrNO2. The molecule has 0 amide bonds. The smallest absolute Gasteiger partial charge is 0.330 e. The maximum absolute atomic E-state index is 11.2. The van der Waals surface area contributed by atoms with Crippen LogP contribution < -0.4 is 0 Å². The van der Waals surface area contributed by atoms with Gasteiger partial charge in [0.05, 0.1) is 12.6 Å². The third-order valence-corrected chi connectivity index (χ3v) is 3.13. The molecule has 0 saturated heterocycles. The van der Waals surface area contributed by atoms with Crippen LogP contribution >= 0.6 is 15.9 Å². The number of rotatable bonds is 2. The van der Waals surface area contributed by atoms with Crippen molar-refractivity contribution in [3.05, 3.63) is 46.6 Å². The van der Waals surface area contributed by atoms with Gasteiger partial charge in [-0.3, -0.25) is 4.98 Å². The van der Waals surface area contributed by atoms with Gasteiger partial charge >= 0.3 is 5.97 Å². The summed E-state index contributed by atoms with van der Waals surface area (Å²) in [6.45, 7) is 1.86. The molecule has 4 heteroatoms. The highest BCUT2D eigenvalue weighted by molar-refractivity contribution is 9.10. The predicted octanol–water partition coefficient (Wildman–Crippen LogP) is 3.57. The van der Waals surface area contributed by atoms with Crippen LogP contribution in [-0.4, -0.2) is 18.1 Å². The van der Waals surface area contributed by atoms with Gasteiger partial charge in [0.1, 0.15) is 0 Å². The van der Waals surface area contributed by atoms with Gasteiger partial charge in [-0.2, -0.15) is 0 Å². The molecule has 0 aliphatic rings. The topological polar surface area (TPSA) is 39.2 Å². The second kappa shape index (κ2) is 5.31. The minimum atomic E-state index is -0.359. The van der Waals surface area contributed by atoms with Crippen molar-refractivity contribution in [2.24, 2.45) is 0 Å². The molecule has 0 spiro atoms. The lowest BCUT2D eigenvalue weighted by atomic mass is 10.1. The summed E-state index contributed by atoms with van der Waals surface area (Å²) < 4.78 is 5.61. The number of fused-ring (bicyclic) bond motifs is 1. The highest BCUT2D eigenvalue weighted by Crippen LogP contribution is 2.22. The average Bonchev–Trinajstić information content (AvgIpc) is 2.37. The molecule has 1 aromatic carbocycles. The highest BCUT2D eigenvalue weighted by Gasteiger charge is 2.03. The van der Waals surface area contributed by atoms with Gasteiger partial charge in [0.2, 0.25) is 0 Å². The molecule has 2 rings (SSSR count). The van der Waals surface area contributed by atoms with Gasteiger partial charge in [0.15, 0.2) is 0 Å². The van der Waals surface area contributed by atoms with E-state index in [9.17, 15) is 4.79 Å². The van der Waals surface area contributed by atoms with Crippen LogP contribution in [0.15, 0.2) is 41.0 Å².